The van der Waals surface area contributed by atoms with Crippen molar-refractivity contribution in [1.29, 1.82) is 0 Å². The highest BCUT2D eigenvalue weighted by molar-refractivity contribution is 7.13. The number of hydrogen-bond acceptors (Lipinski definition) is 6. The molecule has 1 N–H and O–H groups in total. The number of thiophene rings is 1. The summed E-state index contributed by atoms with van der Waals surface area (Å²) in [7, 11) is 0. The van der Waals surface area contributed by atoms with Crippen molar-refractivity contribution in [3.8, 4) is 10.6 Å². The van der Waals surface area contributed by atoms with Gasteiger partial charge in [-0.3, -0.25) is 4.40 Å². The molecule has 0 radical (unpaired) electrons. The summed E-state index contributed by atoms with van der Waals surface area (Å²) in [6, 6.07) is 14.7. The van der Waals surface area contributed by atoms with Crippen LogP contribution in [0.2, 0.25) is 0 Å². The third-order valence-corrected chi connectivity index (χ3v) is 8.17. The molecule has 7 rings (SSSR count). The van der Waals surface area contributed by atoms with E-state index in [0.717, 1.165) is 39.5 Å². The minimum absolute atomic E-state index is 0.546. The van der Waals surface area contributed by atoms with E-state index in [1.54, 1.807) is 11.3 Å². The lowest BCUT2D eigenvalue weighted by Gasteiger charge is -2.41. The molecule has 7 heteroatoms. The van der Waals surface area contributed by atoms with Crippen LogP contribution in [0.3, 0.4) is 0 Å². The molecule has 6 nitrogen and oxygen atoms in total. The summed E-state index contributed by atoms with van der Waals surface area (Å²) in [6.45, 7) is 3.83. The smallest absolute Gasteiger partial charge is 0.156 e. The van der Waals surface area contributed by atoms with Crippen LogP contribution in [0.1, 0.15) is 31.0 Å². The standard InChI is InChI=1S/C27H26N6S/c1-3-25(34-12-1)22-7-5-19-4-6-21(15-23(19)31-22)30-26-24-16-29-27(33(24)11-8-28-26)20-13-18(14-20)17-32-9-2-10-32/h1,3-8,11-12,15-16,18,20H,2,9-10,13-14,17H2,(H,28,30). The third kappa shape index (κ3) is 3.56. The SMILES string of the molecule is c1csc(-c2ccc3ccc(Nc4nccn5c(C6CC(CN7CCC7)C6)ncc45)cc3n2)c1. The number of pyridine rings is 1. The van der Waals surface area contributed by atoms with Crippen LogP contribution in [0.15, 0.2) is 66.4 Å². The van der Waals surface area contributed by atoms with Crippen LogP contribution in [-0.4, -0.2) is 43.9 Å². The van der Waals surface area contributed by atoms with Gasteiger partial charge in [-0.05, 0) is 67.9 Å². The van der Waals surface area contributed by atoms with E-state index in [4.69, 9.17) is 9.97 Å². The quantitative estimate of drug-likeness (QED) is 0.335. The first-order valence-corrected chi connectivity index (χ1v) is 12.9. The van der Waals surface area contributed by atoms with Gasteiger partial charge in [0.1, 0.15) is 11.3 Å². The van der Waals surface area contributed by atoms with E-state index in [1.165, 1.54) is 49.6 Å². The normalized spacial score (nSPS) is 20.4. The first kappa shape index (κ1) is 20.1. The molecular formula is C27H26N6S. The predicted octanol–water partition coefficient (Wildman–Crippen LogP) is 5.95. The molecule has 0 amide bonds. The second-order valence-electron chi connectivity index (χ2n) is 9.54. The maximum atomic E-state index is 4.90. The molecule has 2 fully saturated rings. The van der Waals surface area contributed by atoms with Crippen LogP contribution in [0.25, 0.3) is 27.0 Å². The topological polar surface area (TPSA) is 58.4 Å². The van der Waals surface area contributed by atoms with Gasteiger partial charge in [0.25, 0.3) is 0 Å². The van der Waals surface area contributed by atoms with E-state index < -0.39 is 0 Å². The number of aromatic nitrogens is 4. The van der Waals surface area contributed by atoms with Crippen LogP contribution >= 0.6 is 11.3 Å². The Labute approximate surface area is 202 Å². The summed E-state index contributed by atoms with van der Waals surface area (Å²) in [5, 5.41) is 6.73. The van der Waals surface area contributed by atoms with E-state index in [-0.39, 0.29) is 0 Å². The van der Waals surface area contributed by atoms with Gasteiger partial charge in [-0.25, -0.2) is 15.0 Å². The van der Waals surface area contributed by atoms with Crippen molar-refractivity contribution in [3.05, 3.63) is 72.3 Å². The molecule has 4 aromatic heterocycles. The van der Waals surface area contributed by atoms with Crippen molar-refractivity contribution in [2.45, 2.75) is 25.2 Å². The van der Waals surface area contributed by atoms with Gasteiger partial charge in [0.05, 0.1) is 22.3 Å². The Balaban J connectivity index is 1.13. The van der Waals surface area contributed by atoms with Crippen molar-refractivity contribution in [2.24, 2.45) is 5.92 Å². The molecule has 0 bridgehead atoms. The number of likely N-dealkylation sites (tertiary alicyclic amines) is 1. The predicted molar refractivity (Wildman–Crippen MR) is 138 cm³/mol. The van der Waals surface area contributed by atoms with Gasteiger partial charge in [0, 0.05) is 35.9 Å². The molecule has 0 atom stereocenters. The highest BCUT2D eigenvalue weighted by Gasteiger charge is 2.35. The molecule has 5 heterocycles. The lowest BCUT2D eigenvalue weighted by molar-refractivity contribution is 0.107. The molecule has 34 heavy (non-hydrogen) atoms. The number of benzene rings is 1. The Kier molecular flexibility index (Phi) is 4.84. The second kappa shape index (κ2) is 8.18. The maximum absolute atomic E-state index is 4.90. The zero-order chi connectivity index (χ0) is 22.5. The van der Waals surface area contributed by atoms with Gasteiger partial charge in [-0.1, -0.05) is 18.2 Å². The van der Waals surface area contributed by atoms with Gasteiger partial charge >= 0.3 is 0 Å². The third-order valence-electron chi connectivity index (χ3n) is 7.28. The zero-order valence-corrected chi connectivity index (χ0v) is 19.7. The molecule has 5 aromatic rings. The van der Waals surface area contributed by atoms with Crippen molar-refractivity contribution in [1.82, 2.24) is 24.3 Å². The number of imidazole rings is 1. The molecule has 1 saturated heterocycles. The number of nitrogens with zero attached hydrogens (tertiary/aromatic N) is 5. The van der Waals surface area contributed by atoms with Crippen LogP contribution in [0.5, 0.6) is 0 Å². The second-order valence-corrected chi connectivity index (χ2v) is 10.5. The van der Waals surface area contributed by atoms with Crippen molar-refractivity contribution in [3.63, 3.8) is 0 Å². The van der Waals surface area contributed by atoms with E-state index in [1.807, 2.05) is 18.6 Å². The van der Waals surface area contributed by atoms with Gasteiger partial charge in [0.2, 0.25) is 0 Å². The Bertz CT molecular complexity index is 1460. The average Bonchev–Trinajstić information content (AvgIpc) is 3.48. The molecule has 1 aliphatic heterocycles. The minimum Gasteiger partial charge on any atom is -0.338 e. The number of hydrogen-bond donors (Lipinski definition) is 1. The lowest BCUT2D eigenvalue weighted by Crippen LogP contribution is -2.43. The summed E-state index contributed by atoms with van der Waals surface area (Å²) >= 11 is 1.71. The molecule has 2 aliphatic rings. The highest BCUT2D eigenvalue weighted by Crippen LogP contribution is 2.42. The molecule has 1 aliphatic carbocycles. The van der Waals surface area contributed by atoms with Crippen LogP contribution in [0.4, 0.5) is 11.5 Å². The van der Waals surface area contributed by atoms with E-state index in [9.17, 15) is 0 Å². The Morgan fingerprint density at radius 3 is 2.79 bits per heavy atom. The number of anilines is 2. The van der Waals surface area contributed by atoms with E-state index in [2.05, 4.69) is 67.4 Å². The van der Waals surface area contributed by atoms with Crippen LogP contribution in [-0.2, 0) is 0 Å². The summed E-state index contributed by atoms with van der Waals surface area (Å²) in [6.07, 6.45) is 9.72. The average molecular weight is 467 g/mol. The van der Waals surface area contributed by atoms with Crippen LogP contribution < -0.4 is 5.32 Å². The van der Waals surface area contributed by atoms with E-state index >= 15 is 0 Å². The summed E-state index contributed by atoms with van der Waals surface area (Å²) in [4.78, 5) is 18.1. The highest BCUT2D eigenvalue weighted by atomic mass is 32.1. The molecule has 1 saturated carbocycles. The first-order chi connectivity index (χ1) is 16.8. The Morgan fingerprint density at radius 2 is 1.97 bits per heavy atom. The molecule has 0 spiro atoms. The molecule has 0 unspecified atom stereocenters. The zero-order valence-electron chi connectivity index (χ0n) is 18.9. The number of fused-ring (bicyclic) bond motifs is 2. The van der Waals surface area contributed by atoms with Crippen molar-refractivity contribution >= 4 is 39.3 Å². The monoisotopic (exact) mass is 466 g/mol. The minimum atomic E-state index is 0.546. The van der Waals surface area contributed by atoms with Gasteiger partial charge in [-0.2, -0.15) is 0 Å². The van der Waals surface area contributed by atoms with E-state index in [0.29, 0.717) is 5.92 Å². The summed E-state index contributed by atoms with van der Waals surface area (Å²) < 4.78 is 2.22. The molecule has 170 valence electrons. The van der Waals surface area contributed by atoms with Crippen molar-refractivity contribution in [2.75, 3.05) is 25.0 Å². The van der Waals surface area contributed by atoms with Gasteiger partial charge < -0.3 is 10.2 Å². The summed E-state index contributed by atoms with van der Waals surface area (Å²) in [5.41, 5.74) is 3.97. The number of rotatable bonds is 6. The lowest BCUT2D eigenvalue weighted by atomic mass is 9.74. The fourth-order valence-corrected chi connectivity index (χ4v) is 5.96. The fraction of sp³-hybridized carbons (Fsp3) is 0.296. The fourth-order valence-electron chi connectivity index (χ4n) is 5.26. The Hall–Kier alpha value is -3.29. The molecular weight excluding hydrogens is 440 g/mol. The largest absolute Gasteiger partial charge is 0.338 e. The van der Waals surface area contributed by atoms with Gasteiger partial charge in [-0.15, -0.1) is 11.3 Å². The van der Waals surface area contributed by atoms with Crippen LogP contribution in [0, 0.1) is 5.92 Å². The number of nitrogens with one attached hydrogen (secondary N) is 1. The Morgan fingerprint density at radius 1 is 1.06 bits per heavy atom. The maximum Gasteiger partial charge on any atom is 0.156 e. The van der Waals surface area contributed by atoms with Gasteiger partial charge in [0.15, 0.2) is 5.82 Å². The molecule has 1 aromatic carbocycles. The van der Waals surface area contributed by atoms with Crippen molar-refractivity contribution < 1.29 is 0 Å². The first-order valence-electron chi connectivity index (χ1n) is 12.1. The summed E-state index contributed by atoms with van der Waals surface area (Å²) in [5.74, 6) is 3.36.